The first-order valence-electron chi connectivity index (χ1n) is 3.83. The van der Waals surface area contributed by atoms with Gasteiger partial charge in [-0.05, 0) is 11.6 Å². The predicted octanol–water partition coefficient (Wildman–Crippen LogP) is 0.957. The van der Waals surface area contributed by atoms with E-state index >= 15 is 0 Å². The number of carbonyl (C=O) groups excluding carboxylic acids is 1. The van der Waals surface area contributed by atoms with Gasteiger partial charge in [-0.1, -0.05) is 30.3 Å². The Labute approximate surface area is 86.9 Å². The summed E-state index contributed by atoms with van der Waals surface area (Å²) in [6, 6.07) is 8.41. The van der Waals surface area contributed by atoms with Crippen LogP contribution in [0.5, 0.6) is 0 Å². The second kappa shape index (κ2) is 4.72. The van der Waals surface area contributed by atoms with E-state index in [1.807, 2.05) is 0 Å². The molecule has 6 heteroatoms. The highest BCUT2D eigenvalue weighted by molar-refractivity contribution is 7.81. The van der Waals surface area contributed by atoms with Crippen LogP contribution in [-0.2, 0) is 19.4 Å². The van der Waals surface area contributed by atoms with E-state index in [4.69, 9.17) is 4.55 Å². The molecule has 0 unspecified atom stereocenters. The van der Waals surface area contributed by atoms with E-state index in [0.717, 1.165) is 6.08 Å². The van der Waals surface area contributed by atoms with Gasteiger partial charge in [0.15, 0.2) is 5.76 Å². The normalized spacial score (nSPS) is 12.2. The summed E-state index contributed by atoms with van der Waals surface area (Å²) in [7, 11) is -4.69. The Morgan fingerprint density at radius 1 is 1.33 bits per heavy atom. The van der Waals surface area contributed by atoms with E-state index in [1.54, 1.807) is 30.3 Å². The highest BCUT2D eigenvalue weighted by Gasteiger charge is 2.09. The number of benzene rings is 1. The van der Waals surface area contributed by atoms with Crippen molar-refractivity contribution in [2.45, 2.75) is 0 Å². The van der Waals surface area contributed by atoms with Crippen LogP contribution in [0, 0.1) is 0 Å². The lowest BCUT2D eigenvalue weighted by Crippen LogP contribution is -2.04. The molecule has 0 atom stereocenters. The summed E-state index contributed by atoms with van der Waals surface area (Å²) in [5, 5.41) is 0. The molecular formula is C9H7O5S. The SMILES string of the molecule is O=[C]C(=Cc1ccccc1)OS(=O)(=O)O. The fraction of sp³-hybridized carbons (Fsp3) is 0. The van der Waals surface area contributed by atoms with Gasteiger partial charge in [0.05, 0.1) is 0 Å². The van der Waals surface area contributed by atoms with Gasteiger partial charge in [-0.25, -0.2) is 0 Å². The molecule has 0 spiro atoms. The molecule has 1 aromatic rings. The summed E-state index contributed by atoms with van der Waals surface area (Å²) in [5.74, 6) is -0.608. The average Bonchev–Trinajstić information content (AvgIpc) is 2.16. The third-order valence-corrected chi connectivity index (χ3v) is 1.78. The minimum Gasteiger partial charge on any atom is -0.357 e. The number of allylic oxidation sites excluding steroid dienone is 1. The molecule has 0 bridgehead atoms. The lowest BCUT2D eigenvalue weighted by molar-refractivity contribution is 0.343. The quantitative estimate of drug-likeness (QED) is 0.470. The Kier molecular flexibility index (Phi) is 3.59. The Morgan fingerprint density at radius 3 is 2.40 bits per heavy atom. The van der Waals surface area contributed by atoms with Crippen LogP contribution in [0.4, 0.5) is 0 Å². The van der Waals surface area contributed by atoms with Gasteiger partial charge < -0.3 is 4.18 Å². The Hall–Kier alpha value is -1.66. The Morgan fingerprint density at radius 2 is 1.93 bits per heavy atom. The molecule has 0 aliphatic heterocycles. The molecule has 1 N–H and O–H groups in total. The van der Waals surface area contributed by atoms with Crippen molar-refractivity contribution in [3.63, 3.8) is 0 Å². The van der Waals surface area contributed by atoms with E-state index in [2.05, 4.69) is 4.18 Å². The van der Waals surface area contributed by atoms with Crippen molar-refractivity contribution in [3.05, 3.63) is 41.7 Å². The maximum Gasteiger partial charge on any atom is 0.446 e. The molecule has 1 aromatic carbocycles. The van der Waals surface area contributed by atoms with Crippen molar-refractivity contribution >= 4 is 22.8 Å². The van der Waals surface area contributed by atoms with Crippen LogP contribution in [0.3, 0.4) is 0 Å². The van der Waals surface area contributed by atoms with Gasteiger partial charge >= 0.3 is 10.4 Å². The molecule has 0 fully saturated rings. The van der Waals surface area contributed by atoms with Crippen LogP contribution in [0.2, 0.25) is 0 Å². The zero-order valence-corrected chi connectivity index (χ0v) is 8.27. The lowest BCUT2D eigenvalue weighted by atomic mass is 10.2. The molecule has 15 heavy (non-hydrogen) atoms. The van der Waals surface area contributed by atoms with Gasteiger partial charge in [0.2, 0.25) is 0 Å². The zero-order chi connectivity index (χ0) is 11.3. The molecule has 0 saturated heterocycles. The molecule has 0 aliphatic carbocycles. The maximum absolute atomic E-state index is 10.3. The van der Waals surface area contributed by atoms with Crippen molar-refractivity contribution in [2.75, 3.05) is 0 Å². The van der Waals surface area contributed by atoms with E-state index < -0.39 is 16.2 Å². The maximum atomic E-state index is 10.3. The van der Waals surface area contributed by atoms with Crippen molar-refractivity contribution in [1.29, 1.82) is 0 Å². The van der Waals surface area contributed by atoms with Crippen LogP contribution < -0.4 is 0 Å². The van der Waals surface area contributed by atoms with Crippen LogP contribution in [0.1, 0.15) is 5.56 Å². The molecular weight excluding hydrogens is 220 g/mol. The summed E-state index contributed by atoms with van der Waals surface area (Å²) in [5.41, 5.74) is 0.555. The second-order valence-corrected chi connectivity index (χ2v) is 3.55. The molecule has 0 heterocycles. The molecule has 1 radical (unpaired) electrons. The van der Waals surface area contributed by atoms with Crippen molar-refractivity contribution in [1.82, 2.24) is 0 Å². The van der Waals surface area contributed by atoms with Crippen LogP contribution in [-0.4, -0.2) is 19.3 Å². The third-order valence-electron chi connectivity index (χ3n) is 1.39. The van der Waals surface area contributed by atoms with E-state index in [0.29, 0.717) is 5.56 Å². The first-order chi connectivity index (χ1) is 7.01. The van der Waals surface area contributed by atoms with Crippen molar-refractivity contribution < 1.29 is 21.9 Å². The lowest BCUT2D eigenvalue weighted by Gasteiger charge is -1.98. The minimum atomic E-state index is -4.69. The fourth-order valence-electron chi connectivity index (χ4n) is 0.885. The molecule has 5 nitrogen and oxygen atoms in total. The van der Waals surface area contributed by atoms with Crippen LogP contribution in [0.25, 0.3) is 6.08 Å². The Balaban J connectivity index is 2.93. The van der Waals surface area contributed by atoms with Crippen molar-refractivity contribution in [3.8, 4) is 0 Å². The number of hydrogen-bond acceptors (Lipinski definition) is 4. The van der Waals surface area contributed by atoms with Gasteiger partial charge in [0, 0.05) is 0 Å². The summed E-state index contributed by atoms with van der Waals surface area (Å²) < 4.78 is 32.9. The number of rotatable bonds is 4. The van der Waals surface area contributed by atoms with Gasteiger partial charge in [0.1, 0.15) is 0 Å². The fourth-order valence-corrected chi connectivity index (χ4v) is 1.19. The third kappa shape index (κ3) is 4.39. The molecule has 0 amide bonds. The van der Waals surface area contributed by atoms with Gasteiger partial charge in [-0.3, -0.25) is 9.35 Å². The van der Waals surface area contributed by atoms with Crippen LogP contribution >= 0.6 is 0 Å². The van der Waals surface area contributed by atoms with E-state index in [9.17, 15) is 13.2 Å². The smallest absolute Gasteiger partial charge is 0.357 e. The molecule has 79 valence electrons. The summed E-state index contributed by atoms with van der Waals surface area (Å²) in [6.45, 7) is 0. The summed E-state index contributed by atoms with van der Waals surface area (Å²) >= 11 is 0. The van der Waals surface area contributed by atoms with Gasteiger partial charge in [-0.15, -0.1) is 0 Å². The predicted molar refractivity (Wildman–Crippen MR) is 52.7 cm³/mol. The van der Waals surface area contributed by atoms with Crippen LogP contribution in [0.15, 0.2) is 36.1 Å². The monoisotopic (exact) mass is 227 g/mol. The molecule has 0 saturated carbocycles. The topological polar surface area (TPSA) is 80.7 Å². The largest absolute Gasteiger partial charge is 0.446 e. The average molecular weight is 227 g/mol. The highest BCUT2D eigenvalue weighted by atomic mass is 32.3. The zero-order valence-electron chi connectivity index (χ0n) is 7.45. The number of hydrogen-bond donors (Lipinski definition) is 1. The minimum absolute atomic E-state index is 0.555. The standard InChI is InChI=1S/C9H7O5S/c10-7-9(14-15(11,12)13)6-8-4-2-1-3-5-8/h1-6H,(H,11,12,13). The van der Waals surface area contributed by atoms with Gasteiger partial charge in [-0.2, -0.15) is 8.42 Å². The Bertz CT molecular complexity index is 461. The van der Waals surface area contributed by atoms with Crippen molar-refractivity contribution in [2.24, 2.45) is 0 Å². The first kappa shape index (κ1) is 11.4. The highest BCUT2D eigenvalue weighted by Crippen LogP contribution is 2.07. The van der Waals surface area contributed by atoms with Gasteiger partial charge in [0.25, 0.3) is 6.29 Å². The van der Waals surface area contributed by atoms with E-state index in [-0.39, 0.29) is 0 Å². The van der Waals surface area contributed by atoms with E-state index in [1.165, 1.54) is 6.29 Å². The summed E-state index contributed by atoms with van der Waals surface area (Å²) in [6.07, 6.45) is 2.40. The molecule has 0 aliphatic rings. The summed E-state index contributed by atoms with van der Waals surface area (Å²) in [4.78, 5) is 10.3. The molecule has 0 aromatic heterocycles. The second-order valence-electron chi connectivity index (χ2n) is 2.53. The molecule has 1 rings (SSSR count). The first-order valence-corrected chi connectivity index (χ1v) is 5.19.